The summed E-state index contributed by atoms with van der Waals surface area (Å²) in [4.78, 5) is 2.57. The summed E-state index contributed by atoms with van der Waals surface area (Å²) in [5.74, 6) is 0.686. The Morgan fingerprint density at radius 2 is 1.58 bits per heavy atom. The maximum absolute atomic E-state index is 12.9. The monoisotopic (exact) mass is 374 g/mol. The van der Waals surface area contributed by atoms with Crippen molar-refractivity contribution in [2.45, 2.75) is 25.7 Å². The third kappa shape index (κ3) is 3.86. The lowest BCUT2D eigenvalue weighted by Crippen LogP contribution is -2.48. The Hall–Kier alpha value is -2.05. The molecule has 0 amide bonds. The maximum Gasteiger partial charge on any atom is 0.243 e. The minimum atomic E-state index is -3.46. The molecular weight excluding hydrogens is 348 g/mol. The lowest BCUT2D eigenvalue weighted by atomic mass is 10.1. The Kier molecular flexibility index (Phi) is 5.53. The van der Waals surface area contributed by atoms with Crippen LogP contribution in [0.2, 0.25) is 0 Å². The van der Waals surface area contributed by atoms with E-state index in [-0.39, 0.29) is 0 Å². The standard InChI is InChI=1S/C20H26N2O3S/c1-4-25-19-7-9-20(10-8-19)26(23,24)22-13-11-21(12-14-22)18-6-5-16(2)17(3)15-18/h5-10,15H,4,11-14H2,1-3H3. The minimum Gasteiger partial charge on any atom is -0.494 e. The van der Waals surface area contributed by atoms with Crippen LogP contribution in [0, 0.1) is 13.8 Å². The fourth-order valence-electron chi connectivity index (χ4n) is 3.13. The molecule has 26 heavy (non-hydrogen) atoms. The molecule has 0 spiro atoms. The van der Waals surface area contributed by atoms with Gasteiger partial charge in [-0.05, 0) is 68.3 Å². The Labute approximate surface area is 156 Å². The van der Waals surface area contributed by atoms with Gasteiger partial charge in [0.2, 0.25) is 10.0 Å². The van der Waals surface area contributed by atoms with Gasteiger partial charge in [0.15, 0.2) is 0 Å². The summed E-state index contributed by atoms with van der Waals surface area (Å²) >= 11 is 0. The summed E-state index contributed by atoms with van der Waals surface area (Å²) in [5, 5.41) is 0. The Morgan fingerprint density at radius 1 is 0.923 bits per heavy atom. The molecule has 5 nitrogen and oxygen atoms in total. The first-order chi connectivity index (χ1) is 12.4. The molecule has 0 saturated carbocycles. The zero-order chi connectivity index (χ0) is 18.7. The van der Waals surface area contributed by atoms with E-state index in [2.05, 4.69) is 36.9 Å². The molecule has 0 aliphatic carbocycles. The molecule has 1 aliphatic heterocycles. The summed E-state index contributed by atoms with van der Waals surface area (Å²) < 4.78 is 32.7. The van der Waals surface area contributed by atoms with Gasteiger partial charge in [0.1, 0.15) is 5.75 Å². The van der Waals surface area contributed by atoms with Crippen molar-refractivity contribution in [3.8, 4) is 5.75 Å². The third-order valence-electron chi connectivity index (χ3n) is 4.87. The Balaban J connectivity index is 1.69. The third-order valence-corrected chi connectivity index (χ3v) is 6.78. The predicted octanol–water partition coefficient (Wildman–Crippen LogP) is 3.21. The van der Waals surface area contributed by atoms with E-state index < -0.39 is 10.0 Å². The van der Waals surface area contributed by atoms with Gasteiger partial charge in [0.25, 0.3) is 0 Å². The number of sulfonamides is 1. The molecule has 1 saturated heterocycles. The van der Waals surface area contributed by atoms with E-state index in [1.807, 2.05) is 6.92 Å². The van der Waals surface area contributed by atoms with Crippen LogP contribution in [0.1, 0.15) is 18.1 Å². The normalized spacial score (nSPS) is 15.9. The van der Waals surface area contributed by atoms with Gasteiger partial charge in [-0.15, -0.1) is 0 Å². The van der Waals surface area contributed by atoms with Gasteiger partial charge in [-0.25, -0.2) is 8.42 Å². The van der Waals surface area contributed by atoms with Gasteiger partial charge in [0, 0.05) is 31.9 Å². The van der Waals surface area contributed by atoms with Crippen LogP contribution in [-0.2, 0) is 10.0 Å². The number of hydrogen-bond donors (Lipinski definition) is 0. The van der Waals surface area contributed by atoms with E-state index in [0.717, 1.165) is 5.69 Å². The lowest BCUT2D eigenvalue weighted by Gasteiger charge is -2.35. The van der Waals surface area contributed by atoms with Crippen molar-refractivity contribution >= 4 is 15.7 Å². The highest BCUT2D eigenvalue weighted by molar-refractivity contribution is 7.89. The fourth-order valence-corrected chi connectivity index (χ4v) is 4.55. The second-order valence-electron chi connectivity index (χ2n) is 6.56. The summed E-state index contributed by atoms with van der Waals surface area (Å²) in [6, 6.07) is 13.1. The molecule has 2 aromatic carbocycles. The number of aryl methyl sites for hydroxylation is 2. The van der Waals surface area contributed by atoms with Crippen molar-refractivity contribution < 1.29 is 13.2 Å². The van der Waals surface area contributed by atoms with Crippen LogP contribution in [0.3, 0.4) is 0 Å². The number of anilines is 1. The van der Waals surface area contributed by atoms with Gasteiger partial charge in [0.05, 0.1) is 11.5 Å². The molecule has 6 heteroatoms. The summed E-state index contributed by atoms with van der Waals surface area (Å²) in [5.41, 5.74) is 3.68. The molecule has 0 N–H and O–H groups in total. The van der Waals surface area contributed by atoms with Crippen LogP contribution in [0.5, 0.6) is 5.75 Å². The highest BCUT2D eigenvalue weighted by Gasteiger charge is 2.28. The molecule has 0 aromatic heterocycles. The first kappa shape index (κ1) is 18.7. The van der Waals surface area contributed by atoms with Crippen molar-refractivity contribution in [1.82, 2.24) is 4.31 Å². The first-order valence-electron chi connectivity index (χ1n) is 8.97. The fraction of sp³-hybridized carbons (Fsp3) is 0.400. The molecule has 0 bridgehead atoms. The van der Waals surface area contributed by atoms with E-state index in [1.165, 1.54) is 11.1 Å². The number of ether oxygens (including phenoxy) is 1. The molecule has 2 aromatic rings. The Bertz CT molecular complexity index is 855. The van der Waals surface area contributed by atoms with E-state index in [1.54, 1.807) is 28.6 Å². The van der Waals surface area contributed by atoms with Crippen LogP contribution in [-0.4, -0.2) is 45.5 Å². The molecule has 0 radical (unpaired) electrons. The quantitative estimate of drug-likeness (QED) is 0.806. The molecular formula is C20H26N2O3S. The molecule has 0 atom stereocenters. The second kappa shape index (κ2) is 7.68. The SMILES string of the molecule is CCOc1ccc(S(=O)(=O)N2CCN(c3ccc(C)c(C)c3)CC2)cc1. The van der Waals surface area contributed by atoms with Gasteiger partial charge in [-0.1, -0.05) is 6.07 Å². The largest absolute Gasteiger partial charge is 0.494 e. The van der Waals surface area contributed by atoms with Crippen molar-refractivity contribution in [3.05, 3.63) is 53.6 Å². The number of rotatable bonds is 5. The first-order valence-corrected chi connectivity index (χ1v) is 10.4. The minimum absolute atomic E-state index is 0.320. The van der Waals surface area contributed by atoms with Gasteiger partial charge in [-0.3, -0.25) is 0 Å². The topological polar surface area (TPSA) is 49.9 Å². The van der Waals surface area contributed by atoms with Gasteiger partial charge >= 0.3 is 0 Å². The Morgan fingerprint density at radius 3 is 2.15 bits per heavy atom. The zero-order valence-corrected chi connectivity index (χ0v) is 16.4. The van der Waals surface area contributed by atoms with E-state index in [0.29, 0.717) is 43.4 Å². The van der Waals surface area contributed by atoms with Crippen LogP contribution in [0.4, 0.5) is 5.69 Å². The van der Waals surface area contributed by atoms with Crippen LogP contribution in [0.15, 0.2) is 47.4 Å². The molecule has 1 heterocycles. The van der Waals surface area contributed by atoms with E-state index in [9.17, 15) is 8.42 Å². The van der Waals surface area contributed by atoms with Crippen molar-refractivity contribution in [2.75, 3.05) is 37.7 Å². The average Bonchev–Trinajstić information content (AvgIpc) is 2.65. The van der Waals surface area contributed by atoms with Crippen LogP contribution < -0.4 is 9.64 Å². The number of nitrogens with zero attached hydrogens (tertiary/aromatic N) is 2. The zero-order valence-electron chi connectivity index (χ0n) is 15.6. The van der Waals surface area contributed by atoms with Gasteiger partial charge in [-0.2, -0.15) is 4.31 Å². The smallest absolute Gasteiger partial charge is 0.243 e. The number of benzene rings is 2. The van der Waals surface area contributed by atoms with Crippen molar-refractivity contribution in [1.29, 1.82) is 0 Å². The molecule has 3 rings (SSSR count). The number of piperazine rings is 1. The molecule has 140 valence electrons. The molecule has 1 fully saturated rings. The molecule has 0 unspecified atom stereocenters. The van der Waals surface area contributed by atoms with Crippen molar-refractivity contribution in [2.24, 2.45) is 0 Å². The van der Waals surface area contributed by atoms with E-state index >= 15 is 0 Å². The highest BCUT2D eigenvalue weighted by Crippen LogP contribution is 2.24. The van der Waals surface area contributed by atoms with Crippen LogP contribution >= 0.6 is 0 Å². The summed E-state index contributed by atoms with van der Waals surface area (Å²) in [7, 11) is -3.46. The summed E-state index contributed by atoms with van der Waals surface area (Å²) in [6.45, 7) is 9.03. The second-order valence-corrected chi connectivity index (χ2v) is 8.50. The number of hydrogen-bond acceptors (Lipinski definition) is 4. The average molecular weight is 375 g/mol. The van der Waals surface area contributed by atoms with Crippen LogP contribution in [0.25, 0.3) is 0 Å². The van der Waals surface area contributed by atoms with E-state index in [4.69, 9.17) is 4.74 Å². The molecule has 1 aliphatic rings. The predicted molar refractivity (Wildman–Crippen MR) is 104 cm³/mol. The summed E-state index contributed by atoms with van der Waals surface area (Å²) in [6.07, 6.45) is 0. The highest BCUT2D eigenvalue weighted by atomic mass is 32.2. The van der Waals surface area contributed by atoms with Crippen molar-refractivity contribution in [3.63, 3.8) is 0 Å². The van der Waals surface area contributed by atoms with Gasteiger partial charge < -0.3 is 9.64 Å². The maximum atomic E-state index is 12.9. The lowest BCUT2D eigenvalue weighted by molar-refractivity contribution is 0.340.